The Balaban J connectivity index is 2.08. The lowest BCUT2D eigenvalue weighted by Crippen LogP contribution is -1.93. The molecule has 0 fully saturated rings. The number of halogens is 2. The molecule has 0 N–H and O–H groups in total. The van der Waals surface area contributed by atoms with E-state index in [-0.39, 0.29) is 10.6 Å². The fraction of sp³-hybridized carbons (Fsp3) is 0.125. The molecule has 0 nitrogen and oxygen atoms in total. The highest BCUT2D eigenvalue weighted by Crippen LogP contribution is 2.38. The van der Waals surface area contributed by atoms with Crippen molar-refractivity contribution in [1.82, 2.24) is 0 Å². The number of hydrogen-bond acceptors (Lipinski definition) is 1. The van der Waals surface area contributed by atoms with Gasteiger partial charge in [0.1, 0.15) is 5.82 Å². The summed E-state index contributed by atoms with van der Waals surface area (Å²) in [7, 11) is 0. The maximum atomic E-state index is 13.7. The topological polar surface area (TPSA) is 0 Å². The first-order valence-electron chi connectivity index (χ1n) is 6.03. The van der Waals surface area contributed by atoms with Crippen LogP contribution in [0.15, 0.2) is 47.8 Å². The van der Waals surface area contributed by atoms with Gasteiger partial charge in [-0.3, -0.25) is 0 Å². The molecule has 2 aromatic carbocycles. The van der Waals surface area contributed by atoms with E-state index >= 15 is 0 Å². The lowest BCUT2D eigenvalue weighted by molar-refractivity contribution is 0.616. The van der Waals surface area contributed by atoms with E-state index in [4.69, 9.17) is 0 Å². The Labute approximate surface area is 124 Å². The van der Waals surface area contributed by atoms with Crippen LogP contribution < -0.4 is 0 Å². The van der Waals surface area contributed by atoms with Gasteiger partial charge in [-0.1, -0.05) is 46.3 Å². The average Bonchev–Trinajstić information content (AvgIpc) is 2.85. The summed E-state index contributed by atoms with van der Waals surface area (Å²) in [6.45, 7) is 1.78. The summed E-state index contributed by atoms with van der Waals surface area (Å²) in [6, 6.07) is 13.7. The first kappa shape index (κ1) is 12.8. The predicted molar refractivity (Wildman–Crippen MR) is 83.7 cm³/mol. The van der Waals surface area contributed by atoms with Crippen LogP contribution in [0.2, 0.25) is 0 Å². The van der Waals surface area contributed by atoms with E-state index in [1.165, 1.54) is 15.6 Å². The van der Waals surface area contributed by atoms with Crippen molar-refractivity contribution in [3.63, 3.8) is 0 Å². The third kappa shape index (κ3) is 2.33. The molecule has 3 aromatic rings. The SMILES string of the molecule is Cc1ccc(C(Br)c2csc3ccccc23)cc1F. The van der Waals surface area contributed by atoms with Gasteiger partial charge in [0.2, 0.25) is 0 Å². The molecule has 0 aliphatic heterocycles. The molecule has 96 valence electrons. The highest BCUT2D eigenvalue weighted by Gasteiger charge is 2.15. The summed E-state index contributed by atoms with van der Waals surface area (Å²) in [5.74, 6) is -0.151. The van der Waals surface area contributed by atoms with Gasteiger partial charge in [0, 0.05) is 4.70 Å². The Morgan fingerprint density at radius 2 is 1.95 bits per heavy atom. The van der Waals surface area contributed by atoms with Crippen LogP contribution in [0.5, 0.6) is 0 Å². The monoisotopic (exact) mass is 334 g/mol. The molecule has 1 unspecified atom stereocenters. The van der Waals surface area contributed by atoms with Crippen LogP contribution in [0.1, 0.15) is 21.5 Å². The molecular weight excluding hydrogens is 323 g/mol. The smallest absolute Gasteiger partial charge is 0.126 e. The van der Waals surface area contributed by atoms with Gasteiger partial charge < -0.3 is 0 Å². The van der Waals surface area contributed by atoms with Crippen LogP contribution in [0.4, 0.5) is 4.39 Å². The number of thiophene rings is 1. The average molecular weight is 335 g/mol. The lowest BCUT2D eigenvalue weighted by Gasteiger charge is -2.10. The fourth-order valence-corrected chi connectivity index (χ4v) is 3.97. The van der Waals surface area contributed by atoms with Crippen LogP contribution in [0, 0.1) is 12.7 Å². The first-order chi connectivity index (χ1) is 9.16. The van der Waals surface area contributed by atoms with Gasteiger partial charge in [-0.05, 0) is 46.5 Å². The van der Waals surface area contributed by atoms with Crippen LogP contribution in [0.3, 0.4) is 0 Å². The maximum absolute atomic E-state index is 13.7. The van der Waals surface area contributed by atoms with Crippen molar-refractivity contribution in [3.05, 3.63) is 70.4 Å². The molecule has 0 saturated carbocycles. The maximum Gasteiger partial charge on any atom is 0.126 e. The molecule has 0 amide bonds. The number of aryl methyl sites for hydroxylation is 1. The van der Waals surface area contributed by atoms with E-state index in [0.29, 0.717) is 5.56 Å². The Morgan fingerprint density at radius 1 is 1.16 bits per heavy atom. The van der Waals surface area contributed by atoms with Crippen molar-refractivity contribution in [2.75, 3.05) is 0 Å². The molecule has 1 atom stereocenters. The summed E-state index contributed by atoms with van der Waals surface area (Å²) in [5.41, 5.74) is 2.83. The van der Waals surface area contributed by atoms with Gasteiger partial charge in [0.25, 0.3) is 0 Å². The molecule has 0 radical (unpaired) electrons. The van der Waals surface area contributed by atoms with E-state index in [1.807, 2.05) is 24.3 Å². The minimum atomic E-state index is -0.151. The normalized spacial score (nSPS) is 12.8. The zero-order chi connectivity index (χ0) is 13.4. The minimum Gasteiger partial charge on any atom is -0.207 e. The number of hydrogen-bond donors (Lipinski definition) is 0. The molecule has 0 saturated heterocycles. The van der Waals surface area contributed by atoms with Gasteiger partial charge in [0.05, 0.1) is 4.83 Å². The Hall–Kier alpha value is -1.19. The van der Waals surface area contributed by atoms with Crippen molar-refractivity contribution < 1.29 is 4.39 Å². The van der Waals surface area contributed by atoms with Crippen LogP contribution >= 0.6 is 27.3 Å². The van der Waals surface area contributed by atoms with Crippen molar-refractivity contribution >= 4 is 37.4 Å². The van der Waals surface area contributed by atoms with Crippen molar-refractivity contribution in [1.29, 1.82) is 0 Å². The quantitative estimate of drug-likeness (QED) is 0.517. The summed E-state index contributed by atoms with van der Waals surface area (Å²) in [5, 5.41) is 3.37. The third-order valence-electron chi connectivity index (χ3n) is 3.27. The van der Waals surface area contributed by atoms with E-state index < -0.39 is 0 Å². The fourth-order valence-electron chi connectivity index (χ4n) is 2.14. The van der Waals surface area contributed by atoms with Crippen molar-refractivity contribution in [3.8, 4) is 0 Å². The standard InChI is InChI=1S/C16H12BrFS/c1-10-6-7-11(8-14(10)18)16(17)13-9-19-15-5-3-2-4-12(13)15/h2-9,16H,1H3. The van der Waals surface area contributed by atoms with Crippen LogP contribution in [-0.4, -0.2) is 0 Å². The van der Waals surface area contributed by atoms with E-state index in [9.17, 15) is 4.39 Å². The molecule has 19 heavy (non-hydrogen) atoms. The zero-order valence-electron chi connectivity index (χ0n) is 10.4. The van der Waals surface area contributed by atoms with E-state index in [1.54, 1.807) is 24.3 Å². The van der Waals surface area contributed by atoms with Gasteiger partial charge in [-0.25, -0.2) is 4.39 Å². The minimum absolute atomic E-state index is 0.0266. The van der Waals surface area contributed by atoms with Gasteiger partial charge in [-0.2, -0.15) is 0 Å². The Kier molecular flexibility index (Phi) is 3.42. The molecule has 1 aromatic heterocycles. The summed E-state index contributed by atoms with van der Waals surface area (Å²) < 4.78 is 14.9. The molecule has 0 spiro atoms. The number of rotatable bonds is 2. The Morgan fingerprint density at radius 3 is 2.74 bits per heavy atom. The number of fused-ring (bicyclic) bond motifs is 1. The third-order valence-corrected chi connectivity index (χ3v) is 5.28. The van der Waals surface area contributed by atoms with Crippen LogP contribution in [-0.2, 0) is 0 Å². The molecule has 0 bridgehead atoms. The van der Waals surface area contributed by atoms with Crippen molar-refractivity contribution in [2.24, 2.45) is 0 Å². The number of benzene rings is 2. The largest absolute Gasteiger partial charge is 0.207 e. The molecule has 3 rings (SSSR count). The summed E-state index contributed by atoms with van der Waals surface area (Å²) in [6.07, 6.45) is 0. The molecule has 0 aliphatic carbocycles. The zero-order valence-corrected chi connectivity index (χ0v) is 12.8. The summed E-state index contributed by atoms with van der Waals surface area (Å²) >= 11 is 5.41. The predicted octanol–water partition coefficient (Wildman–Crippen LogP) is 5.83. The second kappa shape index (κ2) is 5.06. The second-order valence-corrected chi connectivity index (χ2v) is 6.39. The lowest BCUT2D eigenvalue weighted by atomic mass is 10.0. The second-order valence-electron chi connectivity index (χ2n) is 4.56. The van der Waals surface area contributed by atoms with Gasteiger partial charge in [0.15, 0.2) is 0 Å². The van der Waals surface area contributed by atoms with Crippen LogP contribution in [0.25, 0.3) is 10.1 Å². The molecular formula is C16H12BrFS. The summed E-state index contributed by atoms with van der Waals surface area (Å²) in [4.78, 5) is 0.0266. The first-order valence-corrected chi connectivity index (χ1v) is 7.82. The highest BCUT2D eigenvalue weighted by atomic mass is 79.9. The van der Waals surface area contributed by atoms with E-state index in [0.717, 1.165) is 5.56 Å². The van der Waals surface area contributed by atoms with Gasteiger partial charge >= 0.3 is 0 Å². The van der Waals surface area contributed by atoms with E-state index in [2.05, 4.69) is 33.4 Å². The molecule has 1 heterocycles. The molecule has 0 aliphatic rings. The molecule has 3 heteroatoms. The highest BCUT2D eigenvalue weighted by molar-refractivity contribution is 9.09. The van der Waals surface area contributed by atoms with Crippen molar-refractivity contribution in [2.45, 2.75) is 11.8 Å². The number of alkyl halides is 1. The Bertz CT molecular complexity index is 732. The van der Waals surface area contributed by atoms with Gasteiger partial charge in [-0.15, -0.1) is 11.3 Å².